The molecule has 0 spiro atoms. The van der Waals surface area contributed by atoms with E-state index in [9.17, 15) is 8.78 Å². The average molecular weight is 326 g/mol. The van der Waals surface area contributed by atoms with E-state index in [1.165, 1.54) is 12.1 Å². The molecule has 19 heavy (non-hydrogen) atoms. The number of rotatable bonds is 4. The minimum absolute atomic E-state index is 0.0614. The van der Waals surface area contributed by atoms with Crippen molar-refractivity contribution in [2.24, 2.45) is 0 Å². The molecular weight excluding hydrogens is 312 g/mol. The smallest absolute Gasteiger partial charge is 0.263 e. The highest BCUT2D eigenvalue weighted by atomic mass is 79.9. The van der Waals surface area contributed by atoms with Crippen LogP contribution in [-0.4, -0.2) is 0 Å². The number of benzene rings is 2. The third-order valence-electron chi connectivity index (χ3n) is 2.86. The highest BCUT2D eigenvalue weighted by molar-refractivity contribution is 9.10. The normalized spacial score (nSPS) is 10.8. The Balaban J connectivity index is 2.05. The van der Waals surface area contributed by atoms with Gasteiger partial charge in [0.1, 0.15) is 0 Å². The van der Waals surface area contributed by atoms with E-state index in [0.717, 1.165) is 21.3 Å². The van der Waals surface area contributed by atoms with Gasteiger partial charge < -0.3 is 5.32 Å². The molecule has 0 unspecified atom stereocenters. The highest BCUT2D eigenvalue weighted by Gasteiger charge is 2.06. The fourth-order valence-electron chi connectivity index (χ4n) is 1.80. The minimum atomic E-state index is -2.42. The molecule has 0 saturated carbocycles. The van der Waals surface area contributed by atoms with Gasteiger partial charge in [-0.15, -0.1) is 0 Å². The summed E-state index contributed by atoms with van der Waals surface area (Å²) in [5.74, 6) is 0. The Morgan fingerprint density at radius 3 is 2.63 bits per heavy atom. The second-order valence-electron chi connectivity index (χ2n) is 4.36. The van der Waals surface area contributed by atoms with Gasteiger partial charge in [0, 0.05) is 22.3 Å². The van der Waals surface area contributed by atoms with E-state index in [1.807, 2.05) is 31.2 Å². The minimum Gasteiger partial charge on any atom is -0.381 e. The largest absolute Gasteiger partial charge is 0.381 e. The molecule has 2 rings (SSSR count). The van der Waals surface area contributed by atoms with Gasteiger partial charge in [-0.2, -0.15) is 0 Å². The van der Waals surface area contributed by atoms with Gasteiger partial charge in [0.2, 0.25) is 0 Å². The Morgan fingerprint density at radius 2 is 1.95 bits per heavy atom. The summed E-state index contributed by atoms with van der Waals surface area (Å²) in [6, 6.07) is 12.4. The molecule has 0 bridgehead atoms. The van der Waals surface area contributed by atoms with Crippen molar-refractivity contribution in [1.29, 1.82) is 0 Å². The molecule has 0 aliphatic carbocycles. The molecule has 0 heterocycles. The third kappa shape index (κ3) is 3.77. The second-order valence-corrected chi connectivity index (χ2v) is 5.22. The quantitative estimate of drug-likeness (QED) is 0.803. The molecule has 0 saturated heterocycles. The topological polar surface area (TPSA) is 12.0 Å². The van der Waals surface area contributed by atoms with E-state index < -0.39 is 6.43 Å². The maximum Gasteiger partial charge on any atom is 0.263 e. The number of nitrogens with one attached hydrogen (secondary N) is 1. The number of aryl methyl sites for hydroxylation is 1. The highest BCUT2D eigenvalue weighted by Crippen LogP contribution is 2.22. The molecule has 4 heteroatoms. The van der Waals surface area contributed by atoms with Crippen LogP contribution in [0, 0.1) is 6.92 Å². The van der Waals surface area contributed by atoms with Crippen molar-refractivity contribution in [3.8, 4) is 0 Å². The van der Waals surface area contributed by atoms with E-state index in [4.69, 9.17) is 0 Å². The molecule has 2 aromatic carbocycles. The number of hydrogen-bond acceptors (Lipinski definition) is 1. The first-order valence-electron chi connectivity index (χ1n) is 5.93. The van der Waals surface area contributed by atoms with Crippen LogP contribution in [0.1, 0.15) is 23.1 Å². The van der Waals surface area contributed by atoms with Crippen LogP contribution in [0.4, 0.5) is 14.5 Å². The van der Waals surface area contributed by atoms with Gasteiger partial charge in [0.25, 0.3) is 6.43 Å². The molecule has 0 aliphatic heterocycles. The number of anilines is 1. The van der Waals surface area contributed by atoms with E-state index in [2.05, 4.69) is 21.2 Å². The standard InChI is InChI=1S/C15H14BrF2N/c1-10-7-13(5-6-14(10)16)19-9-11-3-2-4-12(8-11)15(17)18/h2-8,15,19H,9H2,1H3. The maximum atomic E-state index is 12.6. The lowest BCUT2D eigenvalue weighted by atomic mass is 10.1. The van der Waals surface area contributed by atoms with Gasteiger partial charge in [0.15, 0.2) is 0 Å². The number of halogens is 3. The number of alkyl halides is 2. The Morgan fingerprint density at radius 1 is 1.16 bits per heavy atom. The Kier molecular flexibility index (Phi) is 4.53. The van der Waals surface area contributed by atoms with E-state index >= 15 is 0 Å². The van der Waals surface area contributed by atoms with Crippen molar-refractivity contribution in [1.82, 2.24) is 0 Å². The van der Waals surface area contributed by atoms with Gasteiger partial charge in [-0.05, 0) is 42.3 Å². The molecule has 0 amide bonds. The van der Waals surface area contributed by atoms with Gasteiger partial charge in [-0.3, -0.25) is 0 Å². The lowest BCUT2D eigenvalue weighted by Gasteiger charge is -2.09. The maximum absolute atomic E-state index is 12.6. The molecule has 2 aromatic rings. The molecule has 0 fully saturated rings. The van der Waals surface area contributed by atoms with Crippen molar-refractivity contribution in [2.45, 2.75) is 19.9 Å². The average Bonchev–Trinajstić information content (AvgIpc) is 2.40. The van der Waals surface area contributed by atoms with Crippen molar-refractivity contribution in [3.63, 3.8) is 0 Å². The van der Waals surface area contributed by atoms with Crippen LogP contribution in [0.15, 0.2) is 46.9 Å². The van der Waals surface area contributed by atoms with Gasteiger partial charge in [-0.25, -0.2) is 8.78 Å². The zero-order chi connectivity index (χ0) is 13.8. The van der Waals surface area contributed by atoms with Crippen LogP contribution in [0.3, 0.4) is 0 Å². The van der Waals surface area contributed by atoms with Crippen LogP contribution in [0.2, 0.25) is 0 Å². The lowest BCUT2D eigenvalue weighted by molar-refractivity contribution is 0.151. The SMILES string of the molecule is Cc1cc(NCc2cccc(C(F)F)c2)ccc1Br. The fraction of sp³-hybridized carbons (Fsp3) is 0.200. The Bertz CT molecular complexity index is 570. The first kappa shape index (κ1) is 14.0. The van der Waals surface area contributed by atoms with Crippen LogP contribution in [0.25, 0.3) is 0 Å². The summed E-state index contributed by atoms with van der Waals surface area (Å²) in [4.78, 5) is 0. The Labute approximate surface area is 119 Å². The predicted octanol–water partition coefficient (Wildman–Crippen LogP) is 5.31. The third-order valence-corrected chi connectivity index (χ3v) is 3.75. The summed E-state index contributed by atoms with van der Waals surface area (Å²) in [5, 5.41) is 3.23. The van der Waals surface area contributed by atoms with Crippen molar-refractivity contribution in [3.05, 3.63) is 63.6 Å². The zero-order valence-corrected chi connectivity index (χ0v) is 12.0. The van der Waals surface area contributed by atoms with E-state index in [1.54, 1.807) is 6.07 Å². The zero-order valence-electron chi connectivity index (χ0n) is 10.5. The summed E-state index contributed by atoms with van der Waals surface area (Å²) in [5.41, 5.74) is 3.01. The first-order chi connectivity index (χ1) is 9.06. The second kappa shape index (κ2) is 6.15. The molecule has 0 radical (unpaired) electrons. The fourth-order valence-corrected chi connectivity index (χ4v) is 2.04. The molecule has 0 atom stereocenters. The molecule has 100 valence electrons. The summed E-state index contributed by atoms with van der Waals surface area (Å²) >= 11 is 3.44. The summed E-state index contributed by atoms with van der Waals surface area (Å²) in [6.07, 6.45) is -2.42. The summed E-state index contributed by atoms with van der Waals surface area (Å²) < 4.78 is 26.2. The van der Waals surface area contributed by atoms with Gasteiger partial charge >= 0.3 is 0 Å². The van der Waals surface area contributed by atoms with Crippen molar-refractivity contribution >= 4 is 21.6 Å². The molecular formula is C15H14BrF2N. The first-order valence-corrected chi connectivity index (χ1v) is 6.72. The van der Waals surface area contributed by atoms with Crippen LogP contribution < -0.4 is 5.32 Å². The van der Waals surface area contributed by atoms with Crippen LogP contribution >= 0.6 is 15.9 Å². The molecule has 1 nitrogen and oxygen atoms in total. The summed E-state index contributed by atoms with van der Waals surface area (Å²) in [6.45, 7) is 2.54. The molecule has 0 aliphatic rings. The van der Waals surface area contributed by atoms with Gasteiger partial charge in [-0.1, -0.05) is 34.1 Å². The monoisotopic (exact) mass is 325 g/mol. The van der Waals surface area contributed by atoms with Crippen LogP contribution in [-0.2, 0) is 6.54 Å². The predicted molar refractivity (Wildman–Crippen MR) is 77.6 cm³/mol. The molecule has 1 N–H and O–H groups in total. The summed E-state index contributed by atoms with van der Waals surface area (Å²) in [7, 11) is 0. The Hall–Kier alpha value is -1.42. The lowest BCUT2D eigenvalue weighted by Crippen LogP contribution is -2.00. The van der Waals surface area contributed by atoms with Crippen LogP contribution in [0.5, 0.6) is 0 Å². The van der Waals surface area contributed by atoms with Crippen molar-refractivity contribution < 1.29 is 8.78 Å². The molecule has 0 aromatic heterocycles. The van der Waals surface area contributed by atoms with Gasteiger partial charge in [0.05, 0.1) is 0 Å². The number of hydrogen-bond donors (Lipinski definition) is 1. The van der Waals surface area contributed by atoms with E-state index in [0.29, 0.717) is 6.54 Å². The van der Waals surface area contributed by atoms with E-state index in [-0.39, 0.29) is 5.56 Å². The van der Waals surface area contributed by atoms with Crippen molar-refractivity contribution in [2.75, 3.05) is 5.32 Å².